The first-order valence-corrected chi connectivity index (χ1v) is 9.66. The third-order valence-corrected chi connectivity index (χ3v) is 5.32. The van der Waals surface area contributed by atoms with Crippen LogP contribution >= 0.6 is 0 Å². The van der Waals surface area contributed by atoms with E-state index >= 15 is 0 Å². The second-order valence-corrected chi connectivity index (χ2v) is 7.11. The van der Waals surface area contributed by atoms with Crippen molar-refractivity contribution in [2.45, 2.75) is 32.2 Å². The summed E-state index contributed by atoms with van der Waals surface area (Å²) in [6, 6.07) is 1.47. The van der Waals surface area contributed by atoms with E-state index in [0.717, 1.165) is 19.3 Å². The zero-order valence-electron chi connectivity index (χ0n) is 15.9. The number of H-pyrrole nitrogens is 1. The maximum absolute atomic E-state index is 12.8. The molecular formula is C19H24N6O3. The van der Waals surface area contributed by atoms with E-state index in [1.54, 1.807) is 28.3 Å². The Bertz CT molecular complexity index is 847. The van der Waals surface area contributed by atoms with Gasteiger partial charge in [0.2, 0.25) is 0 Å². The summed E-state index contributed by atoms with van der Waals surface area (Å²) >= 11 is 0. The van der Waals surface area contributed by atoms with Crippen LogP contribution in [0, 0.1) is 6.92 Å². The molecule has 0 aromatic carbocycles. The Morgan fingerprint density at radius 1 is 1.18 bits per heavy atom. The van der Waals surface area contributed by atoms with Gasteiger partial charge >= 0.3 is 0 Å². The van der Waals surface area contributed by atoms with E-state index in [1.807, 2.05) is 6.92 Å². The van der Waals surface area contributed by atoms with Gasteiger partial charge in [-0.2, -0.15) is 5.10 Å². The molecule has 0 radical (unpaired) electrons. The fourth-order valence-electron chi connectivity index (χ4n) is 3.77. The summed E-state index contributed by atoms with van der Waals surface area (Å²) in [5.74, 6) is 0.418. The van der Waals surface area contributed by atoms with Gasteiger partial charge in [-0.15, -0.1) is 0 Å². The topological polar surface area (TPSA) is 104 Å². The maximum Gasteiger partial charge on any atom is 0.272 e. The summed E-state index contributed by atoms with van der Waals surface area (Å²) in [6.45, 7) is 4.74. The molecule has 0 saturated carbocycles. The predicted octanol–water partition coefficient (Wildman–Crippen LogP) is 1.35. The number of nitrogens with one attached hydrogen (secondary N) is 1. The highest BCUT2D eigenvalue weighted by molar-refractivity contribution is 5.95. The van der Waals surface area contributed by atoms with E-state index in [1.165, 1.54) is 0 Å². The summed E-state index contributed by atoms with van der Waals surface area (Å²) in [7, 11) is 0. The summed E-state index contributed by atoms with van der Waals surface area (Å²) in [6.07, 6.45) is 5.93. The molecule has 9 nitrogen and oxygen atoms in total. The molecular weight excluding hydrogens is 360 g/mol. The lowest BCUT2D eigenvalue weighted by atomic mass is 10.0. The molecule has 0 spiro atoms. The van der Waals surface area contributed by atoms with Gasteiger partial charge in [-0.05, 0) is 32.3 Å². The third-order valence-electron chi connectivity index (χ3n) is 5.32. The molecule has 2 amide bonds. The number of hydrogen-bond acceptors (Lipinski definition) is 6. The van der Waals surface area contributed by atoms with Gasteiger partial charge in [-0.1, -0.05) is 0 Å². The molecule has 0 bridgehead atoms. The van der Waals surface area contributed by atoms with Gasteiger partial charge in [0.25, 0.3) is 11.8 Å². The predicted molar refractivity (Wildman–Crippen MR) is 99.7 cm³/mol. The first-order valence-electron chi connectivity index (χ1n) is 9.66. The summed E-state index contributed by atoms with van der Waals surface area (Å²) < 4.78 is 5.31. The molecule has 2 saturated heterocycles. The minimum atomic E-state index is -0.198. The normalized spacial score (nSPS) is 20.2. The molecule has 1 atom stereocenters. The number of rotatable bonds is 3. The van der Waals surface area contributed by atoms with Crippen LogP contribution in [0.25, 0.3) is 0 Å². The summed E-state index contributed by atoms with van der Waals surface area (Å²) in [5, 5.41) is 6.61. The lowest BCUT2D eigenvalue weighted by molar-refractivity contribution is 0.0301. The largest absolute Gasteiger partial charge is 0.378 e. The van der Waals surface area contributed by atoms with Crippen molar-refractivity contribution < 1.29 is 14.3 Å². The van der Waals surface area contributed by atoms with Gasteiger partial charge < -0.3 is 14.5 Å². The third kappa shape index (κ3) is 3.62. The average Bonchev–Trinajstić information content (AvgIpc) is 3.28. The Kier molecular flexibility index (Phi) is 5.34. The Hall–Kier alpha value is -2.81. The number of morpholine rings is 1. The van der Waals surface area contributed by atoms with E-state index in [4.69, 9.17) is 4.74 Å². The van der Waals surface area contributed by atoms with Crippen LogP contribution in [0.4, 0.5) is 0 Å². The number of aromatic nitrogens is 4. The van der Waals surface area contributed by atoms with Crippen LogP contribution in [0.5, 0.6) is 0 Å². The van der Waals surface area contributed by atoms with Crippen molar-refractivity contribution >= 4 is 11.8 Å². The highest BCUT2D eigenvalue weighted by Gasteiger charge is 2.32. The van der Waals surface area contributed by atoms with Crippen molar-refractivity contribution in [3.63, 3.8) is 0 Å². The molecule has 2 aliphatic heterocycles. The van der Waals surface area contributed by atoms with Crippen LogP contribution in [0.15, 0.2) is 18.5 Å². The Morgan fingerprint density at radius 3 is 2.71 bits per heavy atom. The number of carbonyl (C=O) groups excluding carboxylic acids is 2. The van der Waals surface area contributed by atoms with Gasteiger partial charge in [-0.3, -0.25) is 14.7 Å². The Morgan fingerprint density at radius 2 is 2.00 bits per heavy atom. The SMILES string of the molecule is Cc1nc([C@H]2CCCCN2C(=O)c2ccn[nH]2)ncc1C(=O)N1CCOCC1. The maximum atomic E-state index is 12.8. The number of carbonyl (C=O) groups is 2. The zero-order valence-corrected chi connectivity index (χ0v) is 15.9. The van der Waals surface area contributed by atoms with E-state index in [-0.39, 0.29) is 17.9 Å². The molecule has 2 aromatic heterocycles. The summed E-state index contributed by atoms with van der Waals surface area (Å²) in [4.78, 5) is 38.3. The Labute approximate surface area is 163 Å². The average molecular weight is 384 g/mol. The molecule has 2 aliphatic rings. The van der Waals surface area contributed by atoms with Gasteiger partial charge in [0, 0.05) is 32.0 Å². The van der Waals surface area contributed by atoms with Crippen molar-refractivity contribution in [2.75, 3.05) is 32.8 Å². The second kappa shape index (κ2) is 8.05. The minimum Gasteiger partial charge on any atom is -0.378 e. The van der Waals surface area contributed by atoms with E-state index in [9.17, 15) is 9.59 Å². The fraction of sp³-hybridized carbons (Fsp3) is 0.526. The Balaban J connectivity index is 1.56. The van der Waals surface area contributed by atoms with E-state index < -0.39 is 0 Å². The molecule has 1 N–H and O–H groups in total. The molecule has 4 rings (SSSR count). The van der Waals surface area contributed by atoms with Gasteiger partial charge in [0.1, 0.15) is 5.69 Å². The molecule has 0 aliphatic carbocycles. The lowest BCUT2D eigenvalue weighted by Crippen LogP contribution is -2.41. The van der Waals surface area contributed by atoms with E-state index in [0.29, 0.717) is 55.6 Å². The van der Waals surface area contributed by atoms with Gasteiger partial charge in [0.05, 0.1) is 30.5 Å². The molecule has 4 heterocycles. The number of ether oxygens (including phenoxy) is 1. The van der Waals surface area contributed by atoms with Crippen LogP contribution in [-0.2, 0) is 4.74 Å². The first-order chi connectivity index (χ1) is 13.6. The number of piperidine rings is 1. The van der Waals surface area contributed by atoms with Crippen molar-refractivity contribution in [1.82, 2.24) is 30.0 Å². The molecule has 9 heteroatoms. The number of likely N-dealkylation sites (tertiary alicyclic amines) is 1. The minimum absolute atomic E-state index is 0.0682. The van der Waals surface area contributed by atoms with Crippen molar-refractivity contribution in [3.8, 4) is 0 Å². The van der Waals surface area contributed by atoms with Crippen LogP contribution in [0.2, 0.25) is 0 Å². The number of aryl methyl sites for hydroxylation is 1. The second-order valence-electron chi connectivity index (χ2n) is 7.11. The molecule has 2 aromatic rings. The molecule has 2 fully saturated rings. The zero-order chi connectivity index (χ0) is 19.5. The molecule has 0 unspecified atom stereocenters. The van der Waals surface area contributed by atoms with E-state index in [2.05, 4.69) is 20.2 Å². The van der Waals surface area contributed by atoms with Crippen molar-refractivity contribution in [2.24, 2.45) is 0 Å². The number of nitrogens with zero attached hydrogens (tertiary/aromatic N) is 5. The highest BCUT2D eigenvalue weighted by Crippen LogP contribution is 2.30. The van der Waals surface area contributed by atoms with Crippen LogP contribution in [-0.4, -0.2) is 74.6 Å². The van der Waals surface area contributed by atoms with Crippen LogP contribution < -0.4 is 0 Å². The molecule has 148 valence electrons. The van der Waals surface area contributed by atoms with Crippen LogP contribution in [0.1, 0.15) is 57.7 Å². The highest BCUT2D eigenvalue weighted by atomic mass is 16.5. The smallest absolute Gasteiger partial charge is 0.272 e. The quantitative estimate of drug-likeness (QED) is 0.857. The standard InChI is InChI=1S/C19H24N6O3/c1-13-14(18(26)24-8-10-28-11-9-24)12-20-17(22-13)16-4-2-3-7-25(16)19(27)15-5-6-21-23-15/h5-6,12,16H,2-4,7-11H2,1H3,(H,21,23)/t16-/m1/s1. The van der Waals surface area contributed by atoms with Gasteiger partial charge in [0.15, 0.2) is 5.82 Å². The van der Waals surface area contributed by atoms with Gasteiger partial charge in [-0.25, -0.2) is 9.97 Å². The van der Waals surface area contributed by atoms with Crippen LogP contribution in [0.3, 0.4) is 0 Å². The number of aromatic amines is 1. The monoisotopic (exact) mass is 384 g/mol. The first kappa shape index (κ1) is 18.5. The van der Waals surface area contributed by atoms with Crippen molar-refractivity contribution in [3.05, 3.63) is 41.2 Å². The van der Waals surface area contributed by atoms with Crippen molar-refractivity contribution in [1.29, 1.82) is 0 Å². The fourth-order valence-corrected chi connectivity index (χ4v) is 3.77. The molecule has 28 heavy (non-hydrogen) atoms. The summed E-state index contributed by atoms with van der Waals surface area (Å²) in [5.41, 5.74) is 1.61. The number of amides is 2. The number of hydrogen-bond donors (Lipinski definition) is 1. The lowest BCUT2D eigenvalue weighted by Gasteiger charge is -2.34.